The zero-order valence-electron chi connectivity index (χ0n) is 9.45. The molecular formula is C13H8ClFN2O. The van der Waals surface area contributed by atoms with Gasteiger partial charge in [0.05, 0.1) is 11.6 Å². The van der Waals surface area contributed by atoms with Crippen LogP contribution in [0.15, 0.2) is 30.3 Å². The minimum atomic E-state index is -0.306. The van der Waals surface area contributed by atoms with Crippen LogP contribution < -0.4 is 4.74 Å². The normalized spacial score (nSPS) is 9.89. The minimum Gasteiger partial charge on any atom is -0.439 e. The smallest absolute Gasteiger partial charge is 0.221 e. The fourth-order valence-electron chi connectivity index (χ4n) is 1.39. The van der Waals surface area contributed by atoms with E-state index in [1.165, 1.54) is 24.3 Å². The summed E-state index contributed by atoms with van der Waals surface area (Å²) in [6.07, 6.45) is 0. The third-order valence-corrected chi connectivity index (χ3v) is 2.45. The average molecular weight is 263 g/mol. The second-order valence-electron chi connectivity index (χ2n) is 3.64. The second kappa shape index (κ2) is 5.03. The van der Waals surface area contributed by atoms with Crippen molar-refractivity contribution in [3.63, 3.8) is 0 Å². The molecule has 1 aromatic carbocycles. The molecule has 0 saturated carbocycles. The first-order valence-electron chi connectivity index (χ1n) is 5.10. The molecule has 90 valence electrons. The topological polar surface area (TPSA) is 45.9 Å². The minimum absolute atomic E-state index is 0.169. The Labute approximate surface area is 108 Å². The van der Waals surface area contributed by atoms with Gasteiger partial charge in [-0.1, -0.05) is 11.6 Å². The first-order chi connectivity index (χ1) is 8.58. The van der Waals surface area contributed by atoms with Crippen LogP contribution in [-0.4, -0.2) is 4.98 Å². The number of aromatic nitrogens is 1. The van der Waals surface area contributed by atoms with Crippen LogP contribution in [-0.2, 0) is 0 Å². The van der Waals surface area contributed by atoms with Crippen molar-refractivity contribution in [3.05, 3.63) is 52.4 Å². The fraction of sp³-hybridized carbons (Fsp3) is 0.0769. The van der Waals surface area contributed by atoms with Crippen molar-refractivity contribution in [2.24, 2.45) is 0 Å². The van der Waals surface area contributed by atoms with Crippen LogP contribution in [0.25, 0.3) is 0 Å². The summed E-state index contributed by atoms with van der Waals surface area (Å²) in [5, 5.41) is 8.96. The van der Waals surface area contributed by atoms with Gasteiger partial charge in [0.2, 0.25) is 5.88 Å². The molecule has 0 atom stereocenters. The summed E-state index contributed by atoms with van der Waals surface area (Å²) in [4.78, 5) is 3.93. The van der Waals surface area contributed by atoms with Crippen molar-refractivity contribution in [2.75, 3.05) is 0 Å². The zero-order valence-corrected chi connectivity index (χ0v) is 10.2. The van der Waals surface area contributed by atoms with Gasteiger partial charge in [-0.25, -0.2) is 9.37 Å². The Hall–Kier alpha value is -2.12. The molecule has 3 nitrogen and oxygen atoms in total. The van der Waals surface area contributed by atoms with E-state index in [1.54, 1.807) is 13.0 Å². The number of ether oxygens (including phenoxy) is 1. The molecule has 0 N–H and O–H groups in total. The molecule has 2 aromatic rings. The van der Waals surface area contributed by atoms with Gasteiger partial charge < -0.3 is 4.74 Å². The molecule has 0 radical (unpaired) electrons. The van der Waals surface area contributed by atoms with Crippen LogP contribution in [0, 0.1) is 24.1 Å². The van der Waals surface area contributed by atoms with E-state index in [2.05, 4.69) is 4.98 Å². The Bertz CT molecular complexity index is 637. The van der Waals surface area contributed by atoms with Gasteiger partial charge in [-0.3, -0.25) is 0 Å². The lowest BCUT2D eigenvalue weighted by Gasteiger charge is -2.06. The summed E-state index contributed by atoms with van der Waals surface area (Å²) >= 11 is 5.75. The van der Waals surface area contributed by atoms with Gasteiger partial charge in [-0.05, 0) is 36.8 Å². The quantitative estimate of drug-likeness (QED) is 0.773. The number of benzene rings is 1. The number of nitriles is 1. The van der Waals surface area contributed by atoms with E-state index in [-0.39, 0.29) is 16.9 Å². The second-order valence-corrected chi connectivity index (χ2v) is 4.03. The Kier molecular flexibility index (Phi) is 3.45. The van der Waals surface area contributed by atoms with Gasteiger partial charge in [0.25, 0.3) is 0 Å². The van der Waals surface area contributed by atoms with Gasteiger partial charge in [0.15, 0.2) is 0 Å². The molecule has 5 heteroatoms. The number of halogens is 2. The van der Waals surface area contributed by atoms with Crippen molar-refractivity contribution in [1.29, 1.82) is 5.26 Å². The van der Waals surface area contributed by atoms with Crippen LogP contribution in [0.1, 0.15) is 11.1 Å². The van der Waals surface area contributed by atoms with Gasteiger partial charge in [-0.15, -0.1) is 0 Å². The predicted octanol–water partition coefficient (Wildman–Crippen LogP) is 3.85. The van der Waals surface area contributed by atoms with Crippen molar-refractivity contribution < 1.29 is 9.13 Å². The average Bonchev–Trinajstić information content (AvgIpc) is 2.33. The van der Waals surface area contributed by atoms with E-state index in [0.717, 1.165) is 0 Å². The number of rotatable bonds is 2. The Balaban J connectivity index is 2.31. The number of hydrogen-bond donors (Lipinski definition) is 0. The maximum atomic E-state index is 13.1. The molecule has 2 rings (SSSR count). The van der Waals surface area contributed by atoms with Crippen LogP contribution in [0.2, 0.25) is 5.15 Å². The summed E-state index contributed by atoms with van der Waals surface area (Å²) in [5.41, 5.74) is 0.818. The Morgan fingerprint density at radius 1 is 1.33 bits per heavy atom. The van der Waals surface area contributed by atoms with Crippen LogP contribution >= 0.6 is 11.6 Å². The van der Waals surface area contributed by atoms with Gasteiger partial charge >= 0.3 is 0 Å². The van der Waals surface area contributed by atoms with Gasteiger partial charge in [-0.2, -0.15) is 5.26 Å². The highest BCUT2D eigenvalue weighted by atomic mass is 35.5. The Morgan fingerprint density at radius 3 is 2.78 bits per heavy atom. The van der Waals surface area contributed by atoms with E-state index >= 15 is 0 Å². The predicted molar refractivity (Wildman–Crippen MR) is 65.2 cm³/mol. The highest BCUT2D eigenvalue weighted by molar-refractivity contribution is 6.29. The molecule has 0 bridgehead atoms. The maximum absolute atomic E-state index is 13.1. The first kappa shape index (κ1) is 12.3. The summed E-state index contributed by atoms with van der Waals surface area (Å²) in [5.74, 6) is 0.330. The van der Waals surface area contributed by atoms with E-state index in [4.69, 9.17) is 21.6 Å². The molecular weight excluding hydrogens is 255 g/mol. The number of hydrogen-bond acceptors (Lipinski definition) is 3. The van der Waals surface area contributed by atoms with E-state index in [9.17, 15) is 4.39 Å². The van der Waals surface area contributed by atoms with Gasteiger partial charge in [0.1, 0.15) is 16.7 Å². The molecule has 0 amide bonds. The molecule has 0 saturated heterocycles. The van der Waals surface area contributed by atoms with E-state index in [0.29, 0.717) is 16.9 Å². The summed E-state index contributed by atoms with van der Waals surface area (Å²) in [6, 6.07) is 9.18. The molecule has 1 heterocycles. The largest absolute Gasteiger partial charge is 0.439 e. The lowest BCUT2D eigenvalue weighted by Crippen LogP contribution is -1.91. The fourth-order valence-corrected chi connectivity index (χ4v) is 1.59. The van der Waals surface area contributed by atoms with Crippen molar-refractivity contribution in [1.82, 2.24) is 4.98 Å². The molecule has 1 aromatic heterocycles. The van der Waals surface area contributed by atoms with Crippen molar-refractivity contribution in [2.45, 2.75) is 6.92 Å². The molecule has 0 aliphatic heterocycles. The number of aryl methyl sites for hydroxylation is 1. The Morgan fingerprint density at radius 2 is 2.11 bits per heavy atom. The number of pyridine rings is 1. The monoisotopic (exact) mass is 262 g/mol. The molecule has 0 fully saturated rings. The van der Waals surface area contributed by atoms with Crippen LogP contribution in [0.5, 0.6) is 11.6 Å². The molecule has 0 aliphatic carbocycles. The van der Waals surface area contributed by atoms with Gasteiger partial charge in [0, 0.05) is 6.07 Å². The number of nitrogens with zero attached hydrogens (tertiary/aromatic N) is 2. The third kappa shape index (κ3) is 2.76. The summed E-state index contributed by atoms with van der Waals surface area (Å²) in [6.45, 7) is 1.63. The SMILES string of the molecule is Cc1cc(Oc2cc(C#N)cc(Cl)n2)ccc1F. The molecule has 18 heavy (non-hydrogen) atoms. The van der Waals surface area contributed by atoms with Crippen molar-refractivity contribution in [3.8, 4) is 17.7 Å². The zero-order chi connectivity index (χ0) is 13.1. The molecule has 0 aliphatic rings. The lowest BCUT2D eigenvalue weighted by atomic mass is 10.2. The molecule has 0 unspecified atom stereocenters. The highest BCUT2D eigenvalue weighted by Crippen LogP contribution is 2.24. The standard InChI is InChI=1S/C13H8ClFN2O/c1-8-4-10(2-3-11(8)15)18-13-6-9(7-16)5-12(14)17-13/h2-6H,1H3. The van der Waals surface area contributed by atoms with E-state index in [1.807, 2.05) is 6.07 Å². The first-order valence-corrected chi connectivity index (χ1v) is 5.48. The lowest BCUT2D eigenvalue weighted by molar-refractivity contribution is 0.460. The van der Waals surface area contributed by atoms with E-state index < -0.39 is 0 Å². The summed E-state index contributed by atoms with van der Waals surface area (Å²) in [7, 11) is 0. The maximum Gasteiger partial charge on any atom is 0.221 e. The third-order valence-electron chi connectivity index (χ3n) is 2.25. The highest BCUT2D eigenvalue weighted by Gasteiger charge is 2.05. The van der Waals surface area contributed by atoms with Crippen LogP contribution in [0.4, 0.5) is 4.39 Å². The molecule has 0 spiro atoms. The summed E-state index contributed by atoms with van der Waals surface area (Å²) < 4.78 is 18.5. The van der Waals surface area contributed by atoms with Crippen molar-refractivity contribution >= 4 is 11.6 Å². The van der Waals surface area contributed by atoms with Crippen LogP contribution in [0.3, 0.4) is 0 Å².